The van der Waals surface area contributed by atoms with Crippen LogP contribution in [0.5, 0.6) is 0 Å². The second-order valence-electron chi connectivity index (χ2n) is 5.98. The van der Waals surface area contributed by atoms with E-state index in [-0.39, 0.29) is 12.1 Å². The normalized spacial score (nSPS) is 11.6. The van der Waals surface area contributed by atoms with Crippen molar-refractivity contribution in [3.8, 4) is 10.7 Å². The van der Waals surface area contributed by atoms with E-state index in [1.54, 1.807) is 49.5 Å². The molecular weight excluding hydrogens is 388 g/mol. The van der Waals surface area contributed by atoms with Crippen LogP contribution < -0.4 is 4.31 Å². The minimum Gasteiger partial charge on any atom is -0.273 e. The summed E-state index contributed by atoms with van der Waals surface area (Å²) in [5.41, 5.74) is 2.41. The van der Waals surface area contributed by atoms with Gasteiger partial charge < -0.3 is 0 Å². The van der Waals surface area contributed by atoms with Crippen LogP contribution in [0.2, 0.25) is 0 Å². The van der Waals surface area contributed by atoms with Gasteiger partial charge in [0.2, 0.25) is 15.9 Å². The Morgan fingerprint density at radius 3 is 2.59 bits per heavy atom. The zero-order chi connectivity index (χ0) is 19.8. The molecule has 3 aromatic heterocycles. The van der Waals surface area contributed by atoms with Gasteiger partial charge in [0.15, 0.2) is 0 Å². The summed E-state index contributed by atoms with van der Waals surface area (Å²) in [6, 6.07) is 0. The van der Waals surface area contributed by atoms with Crippen LogP contribution in [0, 0.1) is 13.8 Å². The van der Waals surface area contributed by atoms with Crippen molar-refractivity contribution in [3.05, 3.63) is 41.1 Å². The Morgan fingerprint density at radius 1 is 1.30 bits per heavy atom. The van der Waals surface area contributed by atoms with Crippen LogP contribution in [0.3, 0.4) is 0 Å². The molecule has 0 fully saturated rings. The summed E-state index contributed by atoms with van der Waals surface area (Å²) < 4.78 is 27.0. The SMILES string of the molecule is Cc1nn(C)c(C)c1N(C(=O)Cc1csc(-c2cnccn2)n1)S(C)(=O)=O. The molecule has 11 heteroatoms. The standard InChI is InChI=1S/C16H18N6O3S2/c1-10-15(11(2)21(3)20-10)22(27(4,24)25)14(23)7-12-9-26-16(19-12)13-8-17-5-6-18-13/h5-6,8-9H,7H2,1-4H3. The molecule has 0 aliphatic carbocycles. The first-order chi connectivity index (χ1) is 12.7. The third-order valence-electron chi connectivity index (χ3n) is 3.90. The van der Waals surface area contributed by atoms with Crippen LogP contribution in [0.25, 0.3) is 10.7 Å². The molecule has 9 nitrogen and oxygen atoms in total. The minimum absolute atomic E-state index is 0.155. The maximum Gasteiger partial charge on any atom is 0.246 e. The lowest BCUT2D eigenvalue weighted by Gasteiger charge is -2.20. The highest BCUT2D eigenvalue weighted by atomic mass is 32.2. The average molecular weight is 406 g/mol. The Hall–Kier alpha value is -2.66. The minimum atomic E-state index is -3.83. The van der Waals surface area contributed by atoms with Gasteiger partial charge >= 0.3 is 0 Å². The molecule has 0 aliphatic heterocycles. The van der Waals surface area contributed by atoms with Gasteiger partial charge in [-0.3, -0.25) is 19.4 Å². The van der Waals surface area contributed by atoms with Gasteiger partial charge in [0.1, 0.15) is 16.4 Å². The number of carbonyl (C=O) groups excluding carboxylic acids is 1. The number of aromatic nitrogens is 5. The van der Waals surface area contributed by atoms with Crippen molar-refractivity contribution in [3.63, 3.8) is 0 Å². The van der Waals surface area contributed by atoms with Gasteiger partial charge in [0.05, 0.1) is 36.0 Å². The summed E-state index contributed by atoms with van der Waals surface area (Å²) in [5, 5.41) is 6.54. The number of sulfonamides is 1. The van der Waals surface area contributed by atoms with Gasteiger partial charge in [-0.05, 0) is 13.8 Å². The van der Waals surface area contributed by atoms with E-state index in [1.807, 2.05) is 0 Å². The van der Waals surface area contributed by atoms with Crippen molar-refractivity contribution in [1.82, 2.24) is 24.7 Å². The second kappa shape index (κ2) is 7.16. The Balaban J connectivity index is 1.92. The van der Waals surface area contributed by atoms with Gasteiger partial charge in [-0.25, -0.2) is 17.7 Å². The van der Waals surface area contributed by atoms with E-state index in [0.717, 1.165) is 10.6 Å². The molecule has 3 rings (SSSR count). The molecule has 27 heavy (non-hydrogen) atoms. The van der Waals surface area contributed by atoms with Crippen molar-refractivity contribution >= 4 is 33.0 Å². The molecule has 0 atom stereocenters. The van der Waals surface area contributed by atoms with Crippen molar-refractivity contribution in [2.24, 2.45) is 7.05 Å². The Bertz CT molecular complexity index is 1090. The molecule has 0 saturated heterocycles. The summed E-state index contributed by atoms with van der Waals surface area (Å²) in [4.78, 5) is 25.4. The molecule has 0 radical (unpaired) electrons. The fourth-order valence-corrected chi connectivity index (χ4v) is 4.48. The smallest absolute Gasteiger partial charge is 0.246 e. The molecule has 0 unspecified atom stereocenters. The summed E-state index contributed by atoms with van der Waals surface area (Å²) >= 11 is 1.32. The van der Waals surface area contributed by atoms with Crippen molar-refractivity contribution in [1.29, 1.82) is 0 Å². The number of hydrogen-bond acceptors (Lipinski definition) is 8. The van der Waals surface area contributed by atoms with E-state index in [4.69, 9.17) is 0 Å². The van der Waals surface area contributed by atoms with Crippen molar-refractivity contribution in [2.75, 3.05) is 10.6 Å². The number of aryl methyl sites for hydroxylation is 2. The number of thiazole rings is 1. The van der Waals surface area contributed by atoms with E-state index < -0.39 is 15.9 Å². The lowest BCUT2D eigenvalue weighted by Crippen LogP contribution is -2.38. The van der Waals surface area contributed by atoms with Crippen molar-refractivity contribution < 1.29 is 13.2 Å². The predicted molar refractivity (Wildman–Crippen MR) is 102 cm³/mol. The molecule has 0 bridgehead atoms. The van der Waals surface area contributed by atoms with Gasteiger partial charge in [-0.2, -0.15) is 5.10 Å². The van der Waals surface area contributed by atoms with E-state index in [2.05, 4.69) is 20.1 Å². The lowest BCUT2D eigenvalue weighted by atomic mass is 10.2. The van der Waals surface area contributed by atoms with Gasteiger partial charge in [-0.1, -0.05) is 0 Å². The zero-order valence-electron chi connectivity index (χ0n) is 15.2. The summed E-state index contributed by atoms with van der Waals surface area (Å²) in [7, 11) is -2.13. The van der Waals surface area contributed by atoms with Gasteiger partial charge in [0.25, 0.3) is 0 Å². The summed E-state index contributed by atoms with van der Waals surface area (Å²) in [5.74, 6) is -0.590. The highest BCUT2D eigenvalue weighted by molar-refractivity contribution is 7.92. The first kappa shape index (κ1) is 19.1. The quantitative estimate of drug-likeness (QED) is 0.631. The molecule has 3 heterocycles. The number of hydrogen-bond donors (Lipinski definition) is 0. The maximum absolute atomic E-state index is 12.9. The zero-order valence-corrected chi connectivity index (χ0v) is 16.9. The third-order valence-corrected chi connectivity index (χ3v) is 5.86. The van der Waals surface area contributed by atoms with Crippen LogP contribution in [-0.2, 0) is 28.3 Å². The first-order valence-electron chi connectivity index (χ1n) is 7.92. The number of nitrogens with zero attached hydrogens (tertiary/aromatic N) is 6. The molecule has 0 aromatic carbocycles. The van der Waals surface area contributed by atoms with E-state index in [9.17, 15) is 13.2 Å². The van der Waals surface area contributed by atoms with Crippen LogP contribution in [0.15, 0.2) is 24.0 Å². The topological polar surface area (TPSA) is 111 Å². The first-order valence-corrected chi connectivity index (χ1v) is 10.7. The Labute approximate surface area is 160 Å². The summed E-state index contributed by atoms with van der Waals surface area (Å²) in [6.07, 6.45) is 5.54. The number of anilines is 1. The van der Waals surface area contributed by atoms with Crippen LogP contribution in [-0.4, -0.2) is 45.3 Å². The fraction of sp³-hybridized carbons (Fsp3) is 0.312. The molecule has 1 amide bonds. The highest BCUT2D eigenvalue weighted by Gasteiger charge is 2.31. The van der Waals surface area contributed by atoms with Crippen molar-refractivity contribution in [2.45, 2.75) is 20.3 Å². The fourth-order valence-electron chi connectivity index (χ4n) is 2.67. The molecule has 0 saturated carbocycles. The number of carbonyl (C=O) groups is 1. The molecule has 0 spiro atoms. The number of rotatable bonds is 5. The van der Waals surface area contributed by atoms with E-state index in [1.165, 1.54) is 11.3 Å². The monoisotopic (exact) mass is 406 g/mol. The molecule has 3 aromatic rings. The maximum atomic E-state index is 12.9. The molecule has 0 aliphatic rings. The Morgan fingerprint density at radius 2 is 2.04 bits per heavy atom. The Kier molecular flexibility index (Phi) is 5.07. The van der Waals surface area contributed by atoms with Gasteiger partial charge in [-0.15, -0.1) is 11.3 Å². The average Bonchev–Trinajstić information content (AvgIpc) is 3.15. The largest absolute Gasteiger partial charge is 0.273 e. The lowest BCUT2D eigenvalue weighted by molar-refractivity contribution is -0.116. The molecule has 0 N–H and O–H groups in total. The van der Waals surface area contributed by atoms with Crippen LogP contribution in [0.4, 0.5) is 5.69 Å². The van der Waals surface area contributed by atoms with E-state index in [0.29, 0.717) is 27.8 Å². The van der Waals surface area contributed by atoms with Crippen LogP contribution in [0.1, 0.15) is 17.1 Å². The predicted octanol–water partition coefficient (Wildman–Crippen LogP) is 1.49. The third kappa shape index (κ3) is 3.88. The highest BCUT2D eigenvalue weighted by Crippen LogP contribution is 2.28. The van der Waals surface area contributed by atoms with Crippen LogP contribution >= 0.6 is 11.3 Å². The molecule has 142 valence electrons. The van der Waals surface area contributed by atoms with Gasteiger partial charge in [0, 0.05) is 24.8 Å². The number of amides is 1. The molecular formula is C16H18N6O3S2. The summed E-state index contributed by atoms with van der Waals surface area (Å²) in [6.45, 7) is 3.39. The van der Waals surface area contributed by atoms with E-state index >= 15 is 0 Å². The second-order valence-corrected chi connectivity index (χ2v) is 8.66.